The van der Waals surface area contributed by atoms with Crippen LogP contribution < -0.4 is 0 Å². The molecule has 1 N–H and O–H groups in total. The highest BCUT2D eigenvalue weighted by Crippen LogP contribution is 2.28. The van der Waals surface area contributed by atoms with Gasteiger partial charge in [-0.3, -0.25) is 0 Å². The van der Waals surface area contributed by atoms with Crippen LogP contribution in [0, 0.1) is 18.6 Å². The quantitative estimate of drug-likeness (QED) is 0.893. The first-order valence-electron chi connectivity index (χ1n) is 6.12. The molecule has 1 atom stereocenters. The van der Waals surface area contributed by atoms with Crippen LogP contribution in [-0.2, 0) is 12.0 Å². The molecule has 0 heterocycles. The molecule has 2 aromatic carbocycles. The van der Waals surface area contributed by atoms with Crippen LogP contribution in [0.2, 0.25) is 0 Å². The average molecular weight is 262 g/mol. The third kappa shape index (κ3) is 2.99. The van der Waals surface area contributed by atoms with E-state index in [1.54, 1.807) is 0 Å². The highest BCUT2D eigenvalue weighted by Gasteiger charge is 2.28. The van der Waals surface area contributed by atoms with Crippen molar-refractivity contribution in [1.29, 1.82) is 0 Å². The lowest BCUT2D eigenvalue weighted by atomic mass is 9.88. The van der Waals surface area contributed by atoms with Gasteiger partial charge >= 0.3 is 0 Å². The van der Waals surface area contributed by atoms with E-state index < -0.39 is 17.2 Å². The first-order valence-corrected chi connectivity index (χ1v) is 6.12. The molecule has 0 radical (unpaired) electrons. The lowest BCUT2D eigenvalue weighted by molar-refractivity contribution is 0.0530. The summed E-state index contributed by atoms with van der Waals surface area (Å²) in [7, 11) is 0. The number of hydrogen-bond donors (Lipinski definition) is 1. The van der Waals surface area contributed by atoms with Crippen molar-refractivity contribution in [2.45, 2.75) is 25.9 Å². The number of aliphatic hydroxyl groups is 1. The van der Waals surface area contributed by atoms with Gasteiger partial charge in [0.15, 0.2) is 11.6 Å². The Hall–Kier alpha value is -1.74. The van der Waals surface area contributed by atoms with Crippen LogP contribution in [0.4, 0.5) is 8.78 Å². The van der Waals surface area contributed by atoms with Gasteiger partial charge in [-0.15, -0.1) is 0 Å². The molecule has 0 saturated carbocycles. The summed E-state index contributed by atoms with van der Waals surface area (Å²) in [6.45, 7) is 3.46. The van der Waals surface area contributed by atoms with Crippen molar-refractivity contribution < 1.29 is 13.9 Å². The fourth-order valence-electron chi connectivity index (χ4n) is 2.12. The summed E-state index contributed by atoms with van der Waals surface area (Å²) in [5.41, 5.74) is 0.522. The first-order chi connectivity index (χ1) is 8.90. The van der Waals surface area contributed by atoms with Gasteiger partial charge in [0.05, 0.1) is 5.60 Å². The monoisotopic (exact) mass is 262 g/mol. The van der Waals surface area contributed by atoms with Crippen molar-refractivity contribution in [3.63, 3.8) is 0 Å². The molecular formula is C16H16F2O. The molecule has 0 aromatic heterocycles. The lowest BCUT2D eigenvalue weighted by Crippen LogP contribution is -2.26. The number of hydrogen-bond acceptors (Lipinski definition) is 1. The van der Waals surface area contributed by atoms with E-state index in [2.05, 4.69) is 0 Å². The molecular weight excluding hydrogens is 246 g/mol. The predicted molar refractivity (Wildman–Crippen MR) is 70.8 cm³/mol. The van der Waals surface area contributed by atoms with Crippen molar-refractivity contribution in [3.8, 4) is 0 Å². The Morgan fingerprint density at radius 3 is 2.32 bits per heavy atom. The largest absolute Gasteiger partial charge is 0.385 e. The second-order valence-corrected chi connectivity index (χ2v) is 5.04. The minimum atomic E-state index is -1.44. The fourth-order valence-corrected chi connectivity index (χ4v) is 2.12. The Balaban J connectivity index is 2.31. The molecule has 0 aliphatic rings. The van der Waals surface area contributed by atoms with Crippen LogP contribution in [0.5, 0.6) is 0 Å². The summed E-state index contributed by atoms with van der Waals surface area (Å²) in [5.74, 6) is -1.93. The van der Waals surface area contributed by atoms with Gasteiger partial charge in [-0.1, -0.05) is 42.0 Å². The molecule has 1 nitrogen and oxygen atoms in total. The third-order valence-electron chi connectivity index (χ3n) is 3.20. The van der Waals surface area contributed by atoms with Crippen molar-refractivity contribution in [2.24, 2.45) is 0 Å². The van der Waals surface area contributed by atoms with Gasteiger partial charge in [-0.05, 0) is 25.5 Å². The topological polar surface area (TPSA) is 20.2 Å². The lowest BCUT2D eigenvalue weighted by Gasteiger charge is -2.24. The minimum absolute atomic E-state index is 0.0203. The minimum Gasteiger partial charge on any atom is -0.385 e. The maximum Gasteiger partial charge on any atom is 0.164 e. The molecule has 100 valence electrons. The van der Waals surface area contributed by atoms with E-state index >= 15 is 0 Å². The van der Waals surface area contributed by atoms with E-state index in [0.717, 1.165) is 17.2 Å². The summed E-state index contributed by atoms with van der Waals surface area (Å²) in [5, 5.41) is 10.4. The van der Waals surface area contributed by atoms with E-state index in [-0.39, 0.29) is 12.0 Å². The second-order valence-electron chi connectivity index (χ2n) is 5.04. The molecule has 2 aromatic rings. The zero-order valence-corrected chi connectivity index (χ0v) is 11.0. The third-order valence-corrected chi connectivity index (χ3v) is 3.20. The first kappa shape index (κ1) is 13.7. The van der Waals surface area contributed by atoms with Gasteiger partial charge in [0.2, 0.25) is 0 Å². The van der Waals surface area contributed by atoms with E-state index in [9.17, 15) is 13.9 Å². The molecule has 0 spiro atoms. The molecule has 0 fully saturated rings. The summed E-state index contributed by atoms with van der Waals surface area (Å²) >= 11 is 0. The van der Waals surface area contributed by atoms with Crippen LogP contribution in [0.1, 0.15) is 23.6 Å². The van der Waals surface area contributed by atoms with Crippen LogP contribution in [0.25, 0.3) is 0 Å². The highest BCUT2D eigenvalue weighted by molar-refractivity contribution is 5.29. The van der Waals surface area contributed by atoms with Gasteiger partial charge in [0, 0.05) is 12.0 Å². The average Bonchev–Trinajstić information content (AvgIpc) is 2.35. The van der Waals surface area contributed by atoms with Crippen LogP contribution in [0.15, 0.2) is 42.5 Å². The molecule has 19 heavy (non-hydrogen) atoms. The van der Waals surface area contributed by atoms with Crippen molar-refractivity contribution >= 4 is 0 Å². The Morgan fingerprint density at radius 1 is 1.05 bits per heavy atom. The molecule has 0 saturated heterocycles. The van der Waals surface area contributed by atoms with Crippen LogP contribution in [0.3, 0.4) is 0 Å². The second kappa shape index (κ2) is 5.10. The molecule has 0 aliphatic heterocycles. The number of halogens is 2. The Morgan fingerprint density at radius 2 is 1.68 bits per heavy atom. The van der Waals surface area contributed by atoms with Gasteiger partial charge in [0.25, 0.3) is 0 Å². The van der Waals surface area contributed by atoms with Crippen molar-refractivity contribution in [1.82, 2.24) is 0 Å². The summed E-state index contributed by atoms with van der Waals surface area (Å²) in [6.07, 6.45) is 0.230. The molecule has 3 heteroatoms. The van der Waals surface area contributed by atoms with Gasteiger partial charge in [0.1, 0.15) is 0 Å². The zero-order chi connectivity index (χ0) is 14.0. The Labute approximate surface area is 111 Å². The maximum absolute atomic E-state index is 13.7. The fraction of sp³-hybridized carbons (Fsp3) is 0.250. The van der Waals surface area contributed by atoms with Crippen LogP contribution >= 0.6 is 0 Å². The summed E-state index contributed by atoms with van der Waals surface area (Å²) < 4.78 is 26.9. The zero-order valence-electron chi connectivity index (χ0n) is 11.0. The van der Waals surface area contributed by atoms with E-state index in [1.165, 1.54) is 19.1 Å². The SMILES string of the molecule is Cc1ccc(CC(C)(O)c2cccc(F)c2F)cc1. The van der Waals surface area contributed by atoms with E-state index in [0.29, 0.717) is 0 Å². The predicted octanol–water partition coefficient (Wildman–Crippen LogP) is 3.72. The van der Waals surface area contributed by atoms with E-state index in [1.807, 2.05) is 31.2 Å². The number of benzene rings is 2. The normalized spacial score (nSPS) is 14.2. The van der Waals surface area contributed by atoms with Crippen molar-refractivity contribution in [3.05, 3.63) is 70.8 Å². The molecule has 0 aliphatic carbocycles. The smallest absolute Gasteiger partial charge is 0.164 e. The van der Waals surface area contributed by atoms with Crippen molar-refractivity contribution in [2.75, 3.05) is 0 Å². The number of aryl methyl sites for hydroxylation is 1. The Bertz CT molecular complexity index is 574. The molecule has 1 unspecified atom stereocenters. The molecule has 2 rings (SSSR count). The number of rotatable bonds is 3. The van der Waals surface area contributed by atoms with Gasteiger partial charge in [-0.25, -0.2) is 8.78 Å². The standard InChI is InChI=1S/C16H16F2O/c1-11-6-8-12(9-7-11)10-16(2,19)13-4-3-5-14(17)15(13)18/h3-9,19H,10H2,1-2H3. The summed E-state index contributed by atoms with van der Waals surface area (Å²) in [4.78, 5) is 0. The van der Waals surface area contributed by atoms with Gasteiger partial charge < -0.3 is 5.11 Å². The van der Waals surface area contributed by atoms with E-state index in [4.69, 9.17) is 0 Å². The Kier molecular flexibility index (Phi) is 3.67. The molecule has 0 bridgehead atoms. The van der Waals surface area contributed by atoms with Gasteiger partial charge in [-0.2, -0.15) is 0 Å². The van der Waals surface area contributed by atoms with Crippen LogP contribution in [-0.4, -0.2) is 5.11 Å². The highest BCUT2D eigenvalue weighted by atomic mass is 19.2. The summed E-state index contributed by atoms with van der Waals surface area (Å²) in [6, 6.07) is 11.5. The molecule has 0 amide bonds. The maximum atomic E-state index is 13.7.